The van der Waals surface area contributed by atoms with Gasteiger partial charge in [0.2, 0.25) is 0 Å². The van der Waals surface area contributed by atoms with Gasteiger partial charge < -0.3 is 14.8 Å². The van der Waals surface area contributed by atoms with Crippen LogP contribution in [0.1, 0.15) is 5.56 Å². The molecule has 3 aromatic carbocycles. The lowest BCUT2D eigenvalue weighted by atomic mass is 10.1. The number of nitrogens with one attached hydrogen (secondary N) is 1. The Morgan fingerprint density at radius 3 is 2.58 bits per heavy atom. The van der Waals surface area contributed by atoms with Crippen LogP contribution < -0.4 is 14.8 Å². The molecule has 0 radical (unpaired) electrons. The van der Waals surface area contributed by atoms with Gasteiger partial charge in [-0.15, -0.1) is 0 Å². The first-order valence-corrected chi connectivity index (χ1v) is 9.16. The van der Waals surface area contributed by atoms with Crippen molar-refractivity contribution >= 4 is 32.6 Å². The van der Waals surface area contributed by atoms with E-state index in [1.807, 2.05) is 60.7 Å². The molecule has 1 N–H and O–H groups in total. The lowest BCUT2D eigenvalue weighted by Gasteiger charge is -2.11. The van der Waals surface area contributed by atoms with E-state index >= 15 is 0 Å². The molecule has 0 aliphatic carbocycles. The Morgan fingerprint density at radius 2 is 1.81 bits per heavy atom. The molecule has 1 amide bonds. The molecule has 0 atom stereocenters. The summed E-state index contributed by atoms with van der Waals surface area (Å²) in [5, 5.41) is 5.06. The largest absolute Gasteiger partial charge is 0.497 e. The number of hydrogen-bond acceptors (Lipinski definition) is 3. The molecule has 0 aliphatic heterocycles. The van der Waals surface area contributed by atoms with Crippen LogP contribution >= 0.6 is 15.9 Å². The molecule has 0 heterocycles. The second kappa shape index (κ2) is 8.72. The SMILES string of the molecule is COc1ccc(CCNC(=O)COc2ccc3ccccc3c2Br)cc1. The number of benzene rings is 3. The van der Waals surface area contributed by atoms with E-state index in [1.165, 1.54) is 0 Å². The zero-order chi connectivity index (χ0) is 18.4. The Hall–Kier alpha value is -2.53. The van der Waals surface area contributed by atoms with E-state index in [-0.39, 0.29) is 12.5 Å². The van der Waals surface area contributed by atoms with Gasteiger partial charge in [0.25, 0.3) is 5.91 Å². The lowest BCUT2D eigenvalue weighted by Crippen LogP contribution is -2.30. The van der Waals surface area contributed by atoms with E-state index in [4.69, 9.17) is 9.47 Å². The first-order chi connectivity index (χ1) is 12.7. The van der Waals surface area contributed by atoms with Gasteiger partial charge >= 0.3 is 0 Å². The van der Waals surface area contributed by atoms with E-state index in [0.717, 1.165) is 33.0 Å². The van der Waals surface area contributed by atoms with E-state index < -0.39 is 0 Å². The van der Waals surface area contributed by atoms with Crippen molar-refractivity contribution in [3.8, 4) is 11.5 Å². The van der Waals surface area contributed by atoms with Crippen LogP contribution in [0.3, 0.4) is 0 Å². The molecule has 3 rings (SSSR count). The van der Waals surface area contributed by atoms with Crippen molar-refractivity contribution in [1.29, 1.82) is 0 Å². The van der Waals surface area contributed by atoms with Crippen molar-refractivity contribution in [2.24, 2.45) is 0 Å². The third kappa shape index (κ3) is 4.55. The average molecular weight is 414 g/mol. The number of rotatable bonds is 7. The van der Waals surface area contributed by atoms with Gasteiger partial charge in [0.15, 0.2) is 6.61 Å². The maximum absolute atomic E-state index is 12.0. The minimum atomic E-state index is -0.140. The summed E-state index contributed by atoms with van der Waals surface area (Å²) in [7, 11) is 1.64. The minimum absolute atomic E-state index is 0.0143. The van der Waals surface area contributed by atoms with Crippen LogP contribution in [0.25, 0.3) is 10.8 Å². The molecule has 0 aliphatic rings. The summed E-state index contributed by atoms with van der Waals surface area (Å²) in [6.45, 7) is 0.549. The predicted octanol–water partition coefficient (Wildman–Crippen LogP) is 4.35. The first-order valence-electron chi connectivity index (χ1n) is 8.37. The summed E-state index contributed by atoms with van der Waals surface area (Å²) >= 11 is 3.56. The predicted molar refractivity (Wildman–Crippen MR) is 107 cm³/mol. The number of carbonyl (C=O) groups is 1. The Balaban J connectivity index is 1.48. The first kappa shape index (κ1) is 18.3. The molecule has 0 bridgehead atoms. The standard InChI is InChI=1S/C21H20BrNO3/c1-25-17-9-6-15(7-10-17)12-13-23-20(24)14-26-19-11-8-16-4-2-3-5-18(16)21(19)22/h2-11H,12-14H2,1H3,(H,23,24). The molecular weight excluding hydrogens is 394 g/mol. The molecule has 0 spiro atoms. The van der Waals surface area contributed by atoms with Crippen LogP contribution in [0, 0.1) is 0 Å². The molecule has 26 heavy (non-hydrogen) atoms. The highest BCUT2D eigenvalue weighted by Crippen LogP contribution is 2.32. The molecule has 0 saturated carbocycles. The fraction of sp³-hybridized carbons (Fsp3) is 0.190. The van der Waals surface area contributed by atoms with Crippen LogP contribution in [-0.2, 0) is 11.2 Å². The summed E-state index contributed by atoms with van der Waals surface area (Å²) in [5.74, 6) is 1.35. The van der Waals surface area contributed by atoms with Crippen molar-refractivity contribution in [3.05, 3.63) is 70.7 Å². The second-order valence-corrected chi connectivity index (χ2v) is 6.63. The van der Waals surface area contributed by atoms with Crippen LogP contribution in [-0.4, -0.2) is 26.2 Å². The molecule has 3 aromatic rings. The average Bonchev–Trinajstić information content (AvgIpc) is 2.68. The Morgan fingerprint density at radius 1 is 1.04 bits per heavy atom. The fourth-order valence-corrected chi connectivity index (χ4v) is 3.27. The maximum atomic E-state index is 12.0. The van der Waals surface area contributed by atoms with Gasteiger partial charge in [-0.05, 0) is 56.9 Å². The van der Waals surface area contributed by atoms with Crippen molar-refractivity contribution in [2.45, 2.75) is 6.42 Å². The number of carbonyl (C=O) groups excluding carboxylic acids is 1. The summed E-state index contributed by atoms with van der Waals surface area (Å²) in [5.41, 5.74) is 1.14. The van der Waals surface area contributed by atoms with Crippen LogP contribution in [0.4, 0.5) is 0 Å². The van der Waals surface area contributed by atoms with Crippen LogP contribution in [0.15, 0.2) is 65.1 Å². The van der Waals surface area contributed by atoms with Gasteiger partial charge in [0.1, 0.15) is 11.5 Å². The zero-order valence-corrected chi connectivity index (χ0v) is 16.1. The van der Waals surface area contributed by atoms with E-state index in [0.29, 0.717) is 12.3 Å². The number of fused-ring (bicyclic) bond motifs is 1. The van der Waals surface area contributed by atoms with Crippen molar-refractivity contribution in [3.63, 3.8) is 0 Å². The summed E-state index contributed by atoms with van der Waals surface area (Å²) in [4.78, 5) is 12.0. The quantitative estimate of drug-likeness (QED) is 0.626. The van der Waals surface area contributed by atoms with Gasteiger partial charge in [-0.2, -0.15) is 0 Å². The van der Waals surface area contributed by atoms with Crippen LogP contribution in [0.2, 0.25) is 0 Å². The van der Waals surface area contributed by atoms with Gasteiger partial charge in [0, 0.05) is 6.54 Å². The third-order valence-electron chi connectivity index (χ3n) is 4.08. The second-order valence-electron chi connectivity index (χ2n) is 5.84. The van der Waals surface area contributed by atoms with Gasteiger partial charge in [-0.3, -0.25) is 4.79 Å². The highest BCUT2D eigenvalue weighted by Gasteiger charge is 2.08. The van der Waals surface area contributed by atoms with Crippen molar-refractivity contribution in [2.75, 3.05) is 20.3 Å². The smallest absolute Gasteiger partial charge is 0.257 e. The van der Waals surface area contributed by atoms with Gasteiger partial charge in [-0.25, -0.2) is 0 Å². The van der Waals surface area contributed by atoms with E-state index in [1.54, 1.807) is 7.11 Å². The number of amides is 1. The van der Waals surface area contributed by atoms with Crippen molar-refractivity contribution < 1.29 is 14.3 Å². The normalized spacial score (nSPS) is 10.5. The molecule has 134 valence electrons. The summed E-state index contributed by atoms with van der Waals surface area (Å²) in [6, 6.07) is 19.7. The number of ether oxygens (including phenoxy) is 2. The van der Waals surface area contributed by atoms with E-state index in [2.05, 4.69) is 21.2 Å². The molecule has 0 saturated heterocycles. The Kier molecular flexibility index (Phi) is 6.12. The maximum Gasteiger partial charge on any atom is 0.257 e. The highest BCUT2D eigenvalue weighted by molar-refractivity contribution is 9.10. The van der Waals surface area contributed by atoms with Gasteiger partial charge in [-0.1, -0.05) is 42.5 Å². The monoisotopic (exact) mass is 413 g/mol. The number of hydrogen-bond donors (Lipinski definition) is 1. The Bertz CT molecular complexity index is 893. The molecular formula is C21H20BrNO3. The highest BCUT2D eigenvalue weighted by atomic mass is 79.9. The molecule has 0 unspecified atom stereocenters. The number of halogens is 1. The lowest BCUT2D eigenvalue weighted by molar-refractivity contribution is -0.123. The molecule has 0 fully saturated rings. The molecule has 5 heteroatoms. The third-order valence-corrected chi connectivity index (χ3v) is 4.90. The fourth-order valence-electron chi connectivity index (χ4n) is 2.66. The Labute approximate surface area is 161 Å². The minimum Gasteiger partial charge on any atom is -0.497 e. The van der Waals surface area contributed by atoms with E-state index in [9.17, 15) is 4.79 Å². The summed E-state index contributed by atoms with van der Waals surface area (Å²) in [6.07, 6.45) is 0.759. The number of methoxy groups -OCH3 is 1. The topological polar surface area (TPSA) is 47.6 Å². The van der Waals surface area contributed by atoms with Gasteiger partial charge in [0.05, 0.1) is 11.6 Å². The van der Waals surface area contributed by atoms with Crippen LogP contribution in [0.5, 0.6) is 11.5 Å². The van der Waals surface area contributed by atoms with Crippen molar-refractivity contribution in [1.82, 2.24) is 5.32 Å². The molecule has 0 aromatic heterocycles. The molecule has 4 nitrogen and oxygen atoms in total. The zero-order valence-electron chi connectivity index (χ0n) is 14.5. The summed E-state index contributed by atoms with van der Waals surface area (Å²) < 4.78 is 11.7.